The Morgan fingerprint density at radius 2 is 0.667 bits per heavy atom. The summed E-state index contributed by atoms with van der Waals surface area (Å²) in [6, 6.07) is 38.3. The zero-order valence-electron chi connectivity index (χ0n) is 28.4. The fourth-order valence-corrected chi connectivity index (χ4v) is 6.87. The molecule has 0 aliphatic heterocycles. The molecular formula is C43H34F6N2. The Bertz CT molecular complexity index is 2090. The molecule has 0 bridgehead atoms. The van der Waals surface area contributed by atoms with Crippen LogP contribution in [0.15, 0.2) is 133 Å². The summed E-state index contributed by atoms with van der Waals surface area (Å²) in [4.78, 5) is 3.90. The Hall–Kier alpha value is -5.50. The van der Waals surface area contributed by atoms with E-state index in [-0.39, 0.29) is 0 Å². The predicted octanol–water partition coefficient (Wildman–Crippen LogP) is 13.6. The summed E-state index contributed by atoms with van der Waals surface area (Å²) in [5.74, 6) is 0. The molecule has 0 unspecified atom stereocenters. The fourth-order valence-electron chi connectivity index (χ4n) is 6.87. The van der Waals surface area contributed by atoms with Crippen LogP contribution in [0, 0.1) is 13.8 Å². The van der Waals surface area contributed by atoms with Crippen molar-refractivity contribution in [3.8, 4) is 11.1 Å². The van der Waals surface area contributed by atoms with Crippen LogP contribution in [0.5, 0.6) is 0 Å². The molecule has 0 aromatic heterocycles. The molecule has 0 atom stereocenters. The molecular weight excluding hydrogens is 658 g/mol. The maximum atomic E-state index is 13.5. The Balaban J connectivity index is 1.32. The third kappa shape index (κ3) is 6.35. The van der Waals surface area contributed by atoms with Gasteiger partial charge >= 0.3 is 12.4 Å². The molecule has 51 heavy (non-hydrogen) atoms. The zero-order chi connectivity index (χ0) is 36.3. The molecule has 7 rings (SSSR count). The highest BCUT2D eigenvalue weighted by molar-refractivity contribution is 5.88. The first kappa shape index (κ1) is 34.0. The standard InChI is InChI=1S/C43H34F6N2/c1-27-5-13-31(14-6-27)50(32-15-7-28(2)8-16-32)35-21-23-37-38-24-22-36(26-40(38)41(3,4)39(37)25-35)51(33-17-9-29(10-18-33)42(44,45)46)34-19-11-30(12-20-34)43(47,48)49/h5-26H,1-4H3. The molecule has 1 aliphatic carbocycles. The van der Waals surface area contributed by atoms with Crippen molar-refractivity contribution in [1.29, 1.82) is 0 Å². The van der Waals surface area contributed by atoms with Crippen molar-refractivity contribution in [2.45, 2.75) is 45.5 Å². The third-order valence-corrected chi connectivity index (χ3v) is 9.65. The first-order valence-corrected chi connectivity index (χ1v) is 16.5. The van der Waals surface area contributed by atoms with Gasteiger partial charge in [0.2, 0.25) is 0 Å². The second-order valence-corrected chi connectivity index (χ2v) is 13.5. The normalized spacial score (nSPS) is 13.5. The molecule has 0 saturated carbocycles. The Morgan fingerprint density at radius 1 is 0.392 bits per heavy atom. The lowest BCUT2D eigenvalue weighted by molar-refractivity contribution is -0.138. The van der Waals surface area contributed by atoms with Gasteiger partial charge in [0.05, 0.1) is 11.1 Å². The fraction of sp³-hybridized carbons (Fsp3) is 0.163. The first-order chi connectivity index (χ1) is 24.1. The van der Waals surface area contributed by atoms with E-state index in [2.05, 4.69) is 99.3 Å². The molecule has 2 nitrogen and oxygen atoms in total. The SMILES string of the molecule is Cc1ccc(N(c2ccc(C)cc2)c2ccc3c(c2)C(C)(C)c2cc(N(c4ccc(C(F)(F)F)cc4)c4ccc(C(F)(F)F)cc4)ccc2-3)cc1. The highest BCUT2D eigenvalue weighted by atomic mass is 19.4. The summed E-state index contributed by atoms with van der Waals surface area (Å²) in [7, 11) is 0. The number of fused-ring (bicyclic) bond motifs is 3. The van der Waals surface area contributed by atoms with Crippen LogP contribution in [0.1, 0.15) is 47.2 Å². The second-order valence-electron chi connectivity index (χ2n) is 13.5. The number of nitrogens with zero attached hydrogens (tertiary/aromatic N) is 2. The molecule has 0 radical (unpaired) electrons. The summed E-state index contributed by atoms with van der Waals surface area (Å²) >= 11 is 0. The van der Waals surface area contributed by atoms with Gasteiger partial charge in [-0.25, -0.2) is 0 Å². The highest BCUT2D eigenvalue weighted by Gasteiger charge is 2.37. The van der Waals surface area contributed by atoms with Crippen LogP contribution in [0.2, 0.25) is 0 Å². The van der Waals surface area contributed by atoms with Crippen LogP contribution in [0.25, 0.3) is 11.1 Å². The first-order valence-electron chi connectivity index (χ1n) is 16.5. The van der Waals surface area contributed by atoms with Crippen LogP contribution in [0.4, 0.5) is 60.5 Å². The monoisotopic (exact) mass is 692 g/mol. The second kappa shape index (κ2) is 12.4. The van der Waals surface area contributed by atoms with Gasteiger partial charge in [0.25, 0.3) is 0 Å². The van der Waals surface area contributed by atoms with E-state index >= 15 is 0 Å². The molecule has 0 spiro atoms. The number of hydrogen-bond donors (Lipinski definition) is 0. The molecule has 6 aromatic carbocycles. The number of aryl methyl sites for hydroxylation is 2. The number of anilines is 6. The van der Waals surface area contributed by atoms with Gasteiger partial charge in [0.1, 0.15) is 0 Å². The predicted molar refractivity (Wildman–Crippen MR) is 193 cm³/mol. The number of benzene rings is 6. The molecule has 0 fully saturated rings. The van der Waals surface area contributed by atoms with Crippen molar-refractivity contribution in [3.05, 3.63) is 167 Å². The summed E-state index contributed by atoms with van der Waals surface area (Å²) in [6.45, 7) is 8.38. The van der Waals surface area contributed by atoms with Crippen molar-refractivity contribution in [1.82, 2.24) is 0 Å². The van der Waals surface area contributed by atoms with Gasteiger partial charge in [-0.1, -0.05) is 61.4 Å². The number of halogens is 6. The molecule has 0 amide bonds. The Labute approximate surface area is 293 Å². The van der Waals surface area contributed by atoms with E-state index in [1.165, 1.54) is 24.3 Å². The lowest BCUT2D eigenvalue weighted by Gasteiger charge is -2.29. The highest BCUT2D eigenvalue weighted by Crippen LogP contribution is 2.52. The van der Waals surface area contributed by atoms with Crippen molar-refractivity contribution in [3.63, 3.8) is 0 Å². The maximum Gasteiger partial charge on any atom is 0.416 e. The topological polar surface area (TPSA) is 6.48 Å². The number of alkyl halides is 6. The van der Waals surface area contributed by atoms with Crippen LogP contribution in [-0.4, -0.2) is 0 Å². The summed E-state index contributed by atoms with van der Waals surface area (Å²) in [5, 5.41) is 0. The van der Waals surface area contributed by atoms with Gasteiger partial charge in [-0.2, -0.15) is 26.3 Å². The molecule has 258 valence electrons. The van der Waals surface area contributed by atoms with Gasteiger partial charge in [0, 0.05) is 39.5 Å². The van der Waals surface area contributed by atoms with E-state index in [1.807, 2.05) is 18.2 Å². The van der Waals surface area contributed by atoms with Crippen molar-refractivity contribution < 1.29 is 26.3 Å². The van der Waals surface area contributed by atoms with Crippen LogP contribution < -0.4 is 9.80 Å². The summed E-state index contributed by atoms with van der Waals surface area (Å²) in [5.41, 5.74) is 8.76. The molecule has 6 aromatic rings. The smallest absolute Gasteiger partial charge is 0.310 e. The van der Waals surface area contributed by atoms with E-state index in [0.29, 0.717) is 17.1 Å². The lowest BCUT2D eigenvalue weighted by Crippen LogP contribution is -2.18. The van der Waals surface area contributed by atoms with Crippen LogP contribution in [0.3, 0.4) is 0 Å². The Morgan fingerprint density at radius 3 is 0.961 bits per heavy atom. The molecule has 0 heterocycles. The van der Waals surface area contributed by atoms with Crippen molar-refractivity contribution in [2.24, 2.45) is 0 Å². The van der Waals surface area contributed by atoms with E-state index in [0.717, 1.165) is 74.7 Å². The minimum Gasteiger partial charge on any atom is -0.310 e. The average Bonchev–Trinajstić information content (AvgIpc) is 3.31. The quantitative estimate of drug-likeness (QED) is 0.160. The number of hydrogen-bond acceptors (Lipinski definition) is 2. The molecule has 0 saturated heterocycles. The molecule has 0 N–H and O–H groups in total. The minimum atomic E-state index is -4.53. The zero-order valence-corrected chi connectivity index (χ0v) is 28.4. The van der Waals surface area contributed by atoms with Gasteiger partial charge < -0.3 is 9.80 Å². The third-order valence-electron chi connectivity index (χ3n) is 9.65. The van der Waals surface area contributed by atoms with Gasteiger partial charge in [0.15, 0.2) is 0 Å². The van der Waals surface area contributed by atoms with Gasteiger partial charge in [-0.3, -0.25) is 0 Å². The van der Waals surface area contributed by atoms with Crippen molar-refractivity contribution >= 4 is 34.1 Å². The van der Waals surface area contributed by atoms with Gasteiger partial charge in [-0.05, 0) is 133 Å². The van der Waals surface area contributed by atoms with E-state index in [4.69, 9.17) is 0 Å². The van der Waals surface area contributed by atoms with E-state index < -0.39 is 28.9 Å². The maximum absolute atomic E-state index is 13.5. The number of rotatable bonds is 6. The molecule has 1 aliphatic rings. The van der Waals surface area contributed by atoms with E-state index in [9.17, 15) is 26.3 Å². The summed E-state index contributed by atoms with van der Waals surface area (Å²) in [6.07, 6.45) is -9.07. The largest absolute Gasteiger partial charge is 0.416 e. The summed E-state index contributed by atoms with van der Waals surface area (Å²) < 4.78 is 80.8. The van der Waals surface area contributed by atoms with Crippen LogP contribution in [-0.2, 0) is 17.8 Å². The average molecular weight is 693 g/mol. The molecule has 8 heteroatoms. The van der Waals surface area contributed by atoms with Crippen molar-refractivity contribution in [2.75, 3.05) is 9.80 Å². The minimum absolute atomic E-state index is 0.380. The lowest BCUT2D eigenvalue weighted by atomic mass is 9.82. The van der Waals surface area contributed by atoms with Crippen LogP contribution >= 0.6 is 0 Å². The Kier molecular flexibility index (Phi) is 8.24. The van der Waals surface area contributed by atoms with E-state index in [1.54, 1.807) is 4.90 Å². The van der Waals surface area contributed by atoms with Gasteiger partial charge in [-0.15, -0.1) is 0 Å².